The lowest BCUT2D eigenvalue weighted by atomic mass is 9.88. The van der Waals surface area contributed by atoms with E-state index >= 15 is 0 Å². The second kappa shape index (κ2) is 4.52. The van der Waals surface area contributed by atoms with Gasteiger partial charge in [0.15, 0.2) is 10.8 Å². The first-order valence-corrected chi connectivity index (χ1v) is 6.37. The summed E-state index contributed by atoms with van der Waals surface area (Å²) < 4.78 is 3.13. The lowest BCUT2D eigenvalue weighted by molar-refractivity contribution is 0.315. The number of nitrogens with zero attached hydrogens (tertiary/aromatic N) is 3. The molecule has 1 aromatic heterocycles. The molecule has 0 spiro atoms. The lowest BCUT2D eigenvalue weighted by Gasteiger charge is -2.30. The molecule has 0 bridgehead atoms. The van der Waals surface area contributed by atoms with Crippen LogP contribution in [0.1, 0.15) is 27.7 Å². The van der Waals surface area contributed by atoms with Gasteiger partial charge in [0, 0.05) is 30.4 Å². The lowest BCUT2D eigenvalue weighted by Crippen LogP contribution is -2.46. The SMILES string of the molecule is CC(NC1=Nc2nccnc2SN1)C(C)(C)C. The molecule has 2 N–H and O–H groups in total. The number of rotatable bonds is 1. The van der Waals surface area contributed by atoms with Gasteiger partial charge in [-0.15, -0.1) is 0 Å². The minimum Gasteiger partial charge on any atom is -0.352 e. The quantitative estimate of drug-likeness (QED) is 0.748. The number of guanidine groups is 1. The van der Waals surface area contributed by atoms with Crippen molar-refractivity contribution in [3.63, 3.8) is 0 Å². The largest absolute Gasteiger partial charge is 0.352 e. The van der Waals surface area contributed by atoms with E-state index in [1.165, 1.54) is 11.9 Å². The molecule has 1 unspecified atom stereocenters. The highest BCUT2D eigenvalue weighted by Crippen LogP contribution is 2.26. The van der Waals surface area contributed by atoms with E-state index in [-0.39, 0.29) is 5.41 Å². The van der Waals surface area contributed by atoms with E-state index in [1.807, 2.05) is 0 Å². The van der Waals surface area contributed by atoms with Crippen LogP contribution < -0.4 is 10.0 Å². The highest BCUT2D eigenvalue weighted by molar-refractivity contribution is 7.98. The van der Waals surface area contributed by atoms with Crippen LogP contribution in [0.2, 0.25) is 0 Å². The number of fused-ring (bicyclic) bond motifs is 1. The molecule has 92 valence electrons. The third-order valence-electron chi connectivity index (χ3n) is 2.76. The first-order valence-electron chi connectivity index (χ1n) is 5.56. The predicted molar refractivity (Wildman–Crippen MR) is 70.2 cm³/mol. The Kier molecular flexibility index (Phi) is 3.24. The fraction of sp³-hybridized carbons (Fsp3) is 0.545. The summed E-state index contributed by atoms with van der Waals surface area (Å²) in [5.74, 6) is 1.41. The third-order valence-corrected chi connectivity index (χ3v) is 3.54. The first kappa shape index (κ1) is 12.2. The maximum Gasteiger partial charge on any atom is 0.208 e. The third kappa shape index (κ3) is 2.88. The van der Waals surface area contributed by atoms with Crippen molar-refractivity contribution in [2.75, 3.05) is 0 Å². The van der Waals surface area contributed by atoms with Gasteiger partial charge < -0.3 is 5.32 Å². The summed E-state index contributed by atoms with van der Waals surface area (Å²) in [6.07, 6.45) is 3.32. The van der Waals surface area contributed by atoms with Crippen molar-refractivity contribution in [3.8, 4) is 0 Å². The van der Waals surface area contributed by atoms with Crippen molar-refractivity contribution in [3.05, 3.63) is 12.4 Å². The van der Waals surface area contributed by atoms with E-state index in [9.17, 15) is 0 Å². The Balaban J connectivity index is 2.13. The first-order chi connectivity index (χ1) is 7.97. The van der Waals surface area contributed by atoms with E-state index in [2.05, 4.69) is 52.7 Å². The van der Waals surface area contributed by atoms with Crippen LogP contribution in [0, 0.1) is 5.41 Å². The molecule has 1 aliphatic heterocycles. The molecule has 2 rings (SSSR count). The van der Waals surface area contributed by atoms with E-state index in [1.54, 1.807) is 12.4 Å². The van der Waals surface area contributed by atoms with Gasteiger partial charge in [-0.05, 0) is 12.3 Å². The molecular weight excluding hydrogens is 234 g/mol. The molecule has 1 atom stereocenters. The molecule has 1 aromatic rings. The highest BCUT2D eigenvalue weighted by Gasteiger charge is 2.22. The smallest absolute Gasteiger partial charge is 0.208 e. The van der Waals surface area contributed by atoms with Gasteiger partial charge in [-0.3, -0.25) is 4.72 Å². The van der Waals surface area contributed by atoms with Crippen molar-refractivity contribution in [2.45, 2.75) is 38.8 Å². The van der Waals surface area contributed by atoms with Crippen molar-refractivity contribution >= 4 is 23.7 Å². The maximum atomic E-state index is 4.40. The minimum atomic E-state index is 0.178. The van der Waals surface area contributed by atoms with Crippen LogP contribution in [0.15, 0.2) is 22.4 Å². The minimum absolute atomic E-state index is 0.178. The number of hydrogen-bond acceptors (Lipinski definition) is 6. The zero-order valence-electron chi connectivity index (χ0n) is 10.5. The number of aliphatic imine (C=N–C) groups is 1. The Bertz CT molecular complexity index is 438. The summed E-state index contributed by atoms with van der Waals surface area (Å²) in [7, 11) is 0. The van der Waals surface area contributed by atoms with Crippen LogP contribution in [-0.2, 0) is 0 Å². The second-order valence-electron chi connectivity index (χ2n) is 5.08. The molecule has 0 fully saturated rings. The normalized spacial score (nSPS) is 16.6. The van der Waals surface area contributed by atoms with Crippen LogP contribution >= 0.6 is 11.9 Å². The topological polar surface area (TPSA) is 62.2 Å². The molecule has 0 radical (unpaired) electrons. The van der Waals surface area contributed by atoms with E-state index in [0.717, 1.165) is 11.0 Å². The van der Waals surface area contributed by atoms with Crippen LogP contribution in [0.4, 0.5) is 5.82 Å². The molecule has 6 heteroatoms. The van der Waals surface area contributed by atoms with Gasteiger partial charge in [-0.2, -0.15) is 4.99 Å². The van der Waals surface area contributed by atoms with Crippen molar-refractivity contribution in [1.82, 2.24) is 20.0 Å². The fourth-order valence-electron chi connectivity index (χ4n) is 1.18. The van der Waals surface area contributed by atoms with Crippen LogP contribution in [0.25, 0.3) is 0 Å². The summed E-state index contributed by atoms with van der Waals surface area (Å²) >= 11 is 1.43. The van der Waals surface area contributed by atoms with Gasteiger partial charge in [0.1, 0.15) is 0 Å². The molecule has 1 aliphatic rings. The number of aromatic nitrogens is 2. The molecular formula is C11H17N5S. The summed E-state index contributed by atoms with van der Waals surface area (Å²) in [4.78, 5) is 12.8. The van der Waals surface area contributed by atoms with Gasteiger partial charge in [-0.25, -0.2) is 9.97 Å². The number of nitrogens with one attached hydrogen (secondary N) is 2. The van der Waals surface area contributed by atoms with Crippen LogP contribution in [-0.4, -0.2) is 22.0 Å². The molecule has 0 aliphatic carbocycles. The zero-order valence-corrected chi connectivity index (χ0v) is 11.3. The summed E-state index contributed by atoms with van der Waals surface area (Å²) in [5, 5.41) is 4.16. The van der Waals surface area contributed by atoms with Gasteiger partial charge in [0.25, 0.3) is 0 Å². The van der Waals surface area contributed by atoms with E-state index in [4.69, 9.17) is 0 Å². The molecule has 0 amide bonds. The Labute approximate surface area is 106 Å². The van der Waals surface area contributed by atoms with Crippen molar-refractivity contribution in [1.29, 1.82) is 0 Å². The van der Waals surface area contributed by atoms with Gasteiger partial charge in [0.05, 0.1) is 0 Å². The monoisotopic (exact) mass is 251 g/mol. The maximum absolute atomic E-state index is 4.40. The van der Waals surface area contributed by atoms with Crippen LogP contribution in [0.3, 0.4) is 0 Å². The molecule has 0 saturated heterocycles. The van der Waals surface area contributed by atoms with E-state index < -0.39 is 0 Å². The second-order valence-corrected chi connectivity index (χ2v) is 5.88. The molecule has 0 saturated carbocycles. The standard InChI is InChI=1S/C11H17N5S/c1-7(11(2,3)4)14-10-15-8-9(17-16-10)13-6-5-12-8/h5-7H,1-4H3,(H2,12,14,15,16). The van der Waals surface area contributed by atoms with Crippen molar-refractivity contribution < 1.29 is 0 Å². The average molecular weight is 251 g/mol. The van der Waals surface area contributed by atoms with Crippen molar-refractivity contribution in [2.24, 2.45) is 10.4 Å². The predicted octanol–water partition coefficient (Wildman–Crippen LogP) is 2.10. The summed E-state index contributed by atoms with van der Waals surface area (Å²) in [5.41, 5.74) is 0.178. The Morgan fingerprint density at radius 1 is 1.29 bits per heavy atom. The Morgan fingerprint density at radius 3 is 2.71 bits per heavy atom. The average Bonchev–Trinajstić information content (AvgIpc) is 2.27. The van der Waals surface area contributed by atoms with Crippen LogP contribution in [0.5, 0.6) is 0 Å². The molecule has 0 aromatic carbocycles. The Hall–Kier alpha value is -1.30. The van der Waals surface area contributed by atoms with Gasteiger partial charge in [0.2, 0.25) is 5.96 Å². The molecule has 17 heavy (non-hydrogen) atoms. The van der Waals surface area contributed by atoms with E-state index in [0.29, 0.717) is 11.9 Å². The zero-order chi connectivity index (χ0) is 12.5. The summed E-state index contributed by atoms with van der Waals surface area (Å²) in [6.45, 7) is 8.71. The molecule has 5 nitrogen and oxygen atoms in total. The number of hydrogen-bond donors (Lipinski definition) is 2. The Morgan fingerprint density at radius 2 is 2.00 bits per heavy atom. The fourth-order valence-corrected chi connectivity index (χ4v) is 1.78. The summed E-state index contributed by atoms with van der Waals surface area (Å²) in [6, 6.07) is 0.313. The highest BCUT2D eigenvalue weighted by atomic mass is 32.2. The van der Waals surface area contributed by atoms with Gasteiger partial charge in [-0.1, -0.05) is 20.8 Å². The van der Waals surface area contributed by atoms with Gasteiger partial charge >= 0.3 is 0 Å². The molecule has 2 heterocycles.